The molecular weight excluding hydrogens is 273 g/mol. The summed E-state index contributed by atoms with van der Waals surface area (Å²) < 4.78 is 40.6. The minimum atomic E-state index is -3.90. The molecule has 19 heavy (non-hydrogen) atoms. The van der Waals surface area contributed by atoms with Crippen LogP contribution in [0.2, 0.25) is 0 Å². The van der Waals surface area contributed by atoms with Crippen molar-refractivity contribution in [2.75, 3.05) is 4.72 Å². The monoisotopic (exact) mass is 285 g/mol. The Morgan fingerprint density at radius 3 is 2.84 bits per heavy atom. The summed E-state index contributed by atoms with van der Waals surface area (Å²) in [4.78, 5) is -0.0574. The molecule has 0 amide bonds. The summed E-state index contributed by atoms with van der Waals surface area (Å²) in [5, 5.41) is 13.3. The fourth-order valence-corrected chi connectivity index (χ4v) is 2.47. The molecule has 0 aliphatic rings. The molecule has 102 valence electrons. The highest BCUT2D eigenvalue weighted by Gasteiger charge is 2.18. The van der Waals surface area contributed by atoms with Crippen LogP contribution in [0.25, 0.3) is 0 Å². The zero-order chi connectivity index (χ0) is 14.0. The van der Waals surface area contributed by atoms with Gasteiger partial charge in [-0.1, -0.05) is 0 Å². The van der Waals surface area contributed by atoms with E-state index in [1.165, 1.54) is 17.1 Å². The van der Waals surface area contributed by atoms with E-state index in [2.05, 4.69) is 9.82 Å². The molecule has 0 atom stereocenters. The van der Waals surface area contributed by atoms with E-state index in [0.29, 0.717) is 6.54 Å². The van der Waals surface area contributed by atoms with Crippen LogP contribution >= 0.6 is 0 Å². The van der Waals surface area contributed by atoms with E-state index in [1.807, 2.05) is 6.92 Å². The van der Waals surface area contributed by atoms with Crippen molar-refractivity contribution in [2.45, 2.75) is 18.4 Å². The molecule has 2 N–H and O–H groups in total. The summed E-state index contributed by atoms with van der Waals surface area (Å²) >= 11 is 0. The average molecular weight is 285 g/mol. The number of rotatable bonds is 4. The van der Waals surface area contributed by atoms with Gasteiger partial charge in [-0.05, 0) is 19.1 Å². The van der Waals surface area contributed by atoms with E-state index in [9.17, 15) is 17.9 Å². The lowest BCUT2D eigenvalue weighted by Crippen LogP contribution is -2.12. The van der Waals surface area contributed by atoms with Gasteiger partial charge in [0.15, 0.2) is 0 Å². The molecule has 0 spiro atoms. The normalized spacial score (nSPS) is 11.5. The Morgan fingerprint density at radius 1 is 1.47 bits per heavy atom. The highest BCUT2D eigenvalue weighted by Crippen LogP contribution is 2.26. The predicted molar refractivity (Wildman–Crippen MR) is 66.8 cm³/mol. The first-order chi connectivity index (χ1) is 8.92. The summed E-state index contributed by atoms with van der Waals surface area (Å²) in [5.74, 6) is -1.01. The van der Waals surface area contributed by atoms with E-state index in [-0.39, 0.29) is 16.3 Å². The van der Waals surface area contributed by atoms with Crippen LogP contribution in [0.4, 0.5) is 10.1 Å². The number of phenolic OH excluding ortho intramolecular Hbond substituents is 1. The fraction of sp³-hybridized carbons (Fsp3) is 0.182. The zero-order valence-electron chi connectivity index (χ0n) is 10.0. The molecule has 0 bridgehead atoms. The van der Waals surface area contributed by atoms with Gasteiger partial charge in [0.25, 0.3) is 10.0 Å². The second-order valence-corrected chi connectivity index (χ2v) is 5.48. The van der Waals surface area contributed by atoms with Crippen molar-refractivity contribution >= 4 is 15.7 Å². The van der Waals surface area contributed by atoms with Crippen LogP contribution in [0, 0.1) is 5.82 Å². The Labute approximate surface area is 109 Å². The van der Waals surface area contributed by atoms with Gasteiger partial charge in [0, 0.05) is 18.8 Å². The number of nitrogens with zero attached hydrogens (tertiary/aromatic N) is 2. The maximum Gasteiger partial charge on any atom is 0.265 e. The number of halogens is 1. The van der Waals surface area contributed by atoms with Crippen LogP contribution in [-0.4, -0.2) is 23.3 Å². The number of benzene rings is 1. The molecule has 1 aromatic carbocycles. The standard InChI is InChI=1S/C11H12FN3O3S/c1-2-15-7-9(6-13-15)19(17,18)14-10-5-8(12)3-4-11(10)16/h3-7,14,16H,2H2,1H3. The molecule has 1 aromatic heterocycles. The highest BCUT2D eigenvalue weighted by molar-refractivity contribution is 7.92. The fourth-order valence-electron chi connectivity index (χ4n) is 1.45. The van der Waals surface area contributed by atoms with Crippen molar-refractivity contribution in [1.82, 2.24) is 9.78 Å². The lowest BCUT2D eigenvalue weighted by Gasteiger charge is -2.07. The minimum Gasteiger partial charge on any atom is -0.506 e. The summed E-state index contributed by atoms with van der Waals surface area (Å²) in [7, 11) is -3.90. The number of aryl methyl sites for hydroxylation is 1. The third-order valence-electron chi connectivity index (χ3n) is 2.45. The lowest BCUT2D eigenvalue weighted by molar-refractivity contribution is 0.475. The van der Waals surface area contributed by atoms with E-state index in [0.717, 1.165) is 18.2 Å². The largest absolute Gasteiger partial charge is 0.506 e. The average Bonchev–Trinajstić information content (AvgIpc) is 2.83. The van der Waals surface area contributed by atoms with Gasteiger partial charge in [-0.2, -0.15) is 5.10 Å². The number of aromatic hydroxyl groups is 1. The Kier molecular flexibility index (Phi) is 3.43. The number of aromatic nitrogens is 2. The SMILES string of the molecule is CCn1cc(S(=O)(=O)Nc2cc(F)ccc2O)cn1. The van der Waals surface area contributed by atoms with Crippen LogP contribution in [0.1, 0.15) is 6.92 Å². The summed E-state index contributed by atoms with van der Waals surface area (Å²) in [6, 6.07) is 3.00. The van der Waals surface area contributed by atoms with Gasteiger partial charge >= 0.3 is 0 Å². The minimum absolute atomic E-state index is 0.0574. The van der Waals surface area contributed by atoms with Crippen LogP contribution in [0.3, 0.4) is 0 Å². The number of hydrogen-bond acceptors (Lipinski definition) is 4. The summed E-state index contributed by atoms with van der Waals surface area (Å²) in [5.41, 5.74) is -0.218. The van der Waals surface area contributed by atoms with Crippen molar-refractivity contribution < 1.29 is 17.9 Å². The lowest BCUT2D eigenvalue weighted by atomic mass is 10.3. The third kappa shape index (κ3) is 2.84. The number of nitrogens with one attached hydrogen (secondary N) is 1. The van der Waals surface area contributed by atoms with Crippen molar-refractivity contribution in [1.29, 1.82) is 0 Å². The Hall–Kier alpha value is -2.09. The van der Waals surface area contributed by atoms with E-state index in [4.69, 9.17) is 0 Å². The van der Waals surface area contributed by atoms with Gasteiger partial charge < -0.3 is 5.11 Å². The highest BCUT2D eigenvalue weighted by atomic mass is 32.2. The quantitative estimate of drug-likeness (QED) is 0.835. The number of sulfonamides is 1. The molecule has 1 heterocycles. The second-order valence-electron chi connectivity index (χ2n) is 3.80. The number of anilines is 1. The molecule has 0 aliphatic heterocycles. The molecule has 2 aromatic rings. The van der Waals surface area contributed by atoms with Crippen LogP contribution in [0.5, 0.6) is 5.75 Å². The summed E-state index contributed by atoms with van der Waals surface area (Å²) in [6.45, 7) is 2.34. The van der Waals surface area contributed by atoms with Gasteiger partial charge in [0.05, 0.1) is 11.9 Å². The third-order valence-corrected chi connectivity index (χ3v) is 3.77. The van der Waals surface area contributed by atoms with Gasteiger partial charge in [-0.3, -0.25) is 9.40 Å². The number of hydrogen-bond donors (Lipinski definition) is 2. The molecule has 0 saturated heterocycles. The van der Waals surface area contributed by atoms with E-state index < -0.39 is 15.8 Å². The summed E-state index contributed by atoms with van der Waals surface area (Å²) in [6.07, 6.45) is 2.53. The topological polar surface area (TPSA) is 84.2 Å². The van der Waals surface area contributed by atoms with Crippen LogP contribution < -0.4 is 4.72 Å². The molecule has 8 heteroatoms. The molecule has 0 radical (unpaired) electrons. The first-order valence-electron chi connectivity index (χ1n) is 5.46. The second kappa shape index (κ2) is 4.88. The van der Waals surface area contributed by atoms with Crippen molar-refractivity contribution in [3.05, 3.63) is 36.4 Å². The van der Waals surface area contributed by atoms with Gasteiger partial charge in [0.2, 0.25) is 0 Å². The first-order valence-corrected chi connectivity index (χ1v) is 6.94. The maximum atomic E-state index is 13.0. The molecule has 0 fully saturated rings. The molecule has 6 nitrogen and oxygen atoms in total. The Morgan fingerprint density at radius 2 is 2.21 bits per heavy atom. The number of phenols is 1. The predicted octanol–water partition coefficient (Wildman–Crippen LogP) is 1.55. The smallest absolute Gasteiger partial charge is 0.265 e. The zero-order valence-corrected chi connectivity index (χ0v) is 10.9. The molecule has 0 aliphatic carbocycles. The van der Waals surface area contributed by atoms with Crippen LogP contribution in [0.15, 0.2) is 35.5 Å². The maximum absolute atomic E-state index is 13.0. The Balaban J connectivity index is 2.33. The van der Waals surface area contributed by atoms with Gasteiger partial charge in [0.1, 0.15) is 16.5 Å². The van der Waals surface area contributed by atoms with Gasteiger partial charge in [-0.15, -0.1) is 0 Å². The van der Waals surface area contributed by atoms with Gasteiger partial charge in [-0.25, -0.2) is 12.8 Å². The van der Waals surface area contributed by atoms with Crippen LogP contribution in [-0.2, 0) is 16.6 Å². The van der Waals surface area contributed by atoms with E-state index >= 15 is 0 Å². The molecule has 0 unspecified atom stereocenters. The van der Waals surface area contributed by atoms with Crippen molar-refractivity contribution in [3.63, 3.8) is 0 Å². The molecular formula is C11H12FN3O3S. The Bertz CT molecular complexity index is 697. The molecule has 0 saturated carbocycles. The molecule has 2 rings (SSSR count). The van der Waals surface area contributed by atoms with Crippen molar-refractivity contribution in [3.8, 4) is 5.75 Å². The van der Waals surface area contributed by atoms with Crippen molar-refractivity contribution in [2.24, 2.45) is 0 Å². The van der Waals surface area contributed by atoms with E-state index in [1.54, 1.807) is 0 Å². The first kappa shape index (κ1) is 13.3.